The van der Waals surface area contributed by atoms with E-state index in [0.29, 0.717) is 12.5 Å². The molecular formula is C36H39N2O2S+. The van der Waals surface area contributed by atoms with E-state index in [4.69, 9.17) is 9.72 Å². The summed E-state index contributed by atoms with van der Waals surface area (Å²) in [4.78, 5) is 4.94. The molecule has 2 aromatic carbocycles. The Morgan fingerprint density at radius 1 is 1.12 bits per heavy atom. The molecule has 1 N–H and O–H groups in total. The summed E-state index contributed by atoms with van der Waals surface area (Å²) in [6.07, 6.45) is 5.04. The van der Waals surface area contributed by atoms with Crippen LogP contribution in [0, 0.1) is 5.92 Å². The van der Waals surface area contributed by atoms with Gasteiger partial charge in [-0.2, -0.15) is 4.57 Å². The van der Waals surface area contributed by atoms with Gasteiger partial charge in [0.05, 0.1) is 23.8 Å². The molecule has 0 amide bonds. The summed E-state index contributed by atoms with van der Waals surface area (Å²) in [6.45, 7) is 15.9. The van der Waals surface area contributed by atoms with E-state index >= 15 is 0 Å². The number of hydrogen-bond donors (Lipinski definition) is 1. The van der Waals surface area contributed by atoms with Crippen LogP contribution in [0.1, 0.15) is 63.3 Å². The van der Waals surface area contributed by atoms with E-state index in [1.165, 1.54) is 43.1 Å². The van der Waals surface area contributed by atoms with Gasteiger partial charge in [-0.15, -0.1) is 11.3 Å². The zero-order valence-corrected chi connectivity index (χ0v) is 25.7. The number of benzene rings is 2. The third-order valence-electron chi connectivity index (χ3n) is 8.36. The fraction of sp³-hybridized carbons (Fsp3) is 0.333. The average molecular weight is 564 g/mol. The number of thiophene rings is 1. The Bertz CT molecular complexity index is 1790. The molecule has 5 aromatic rings. The molecule has 0 radical (unpaired) electrons. The van der Waals surface area contributed by atoms with E-state index in [9.17, 15) is 5.11 Å². The van der Waals surface area contributed by atoms with Gasteiger partial charge in [0, 0.05) is 41.1 Å². The van der Waals surface area contributed by atoms with Crippen molar-refractivity contribution in [1.29, 1.82) is 0 Å². The molecule has 4 heterocycles. The molecule has 2 unspecified atom stereocenters. The van der Waals surface area contributed by atoms with Crippen molar-refractivity contribution in [1.82, 2.24) is 4.98 Å². The number of fused-ring (bicyclic) bond motifs is 6. The maximum absolute atomic E-state index is 11.0. The van der Waals surface area contributed by atoms with Crippen molar-refractivity contribution in [3.63, 3.8) is 0 Å². The summed E-state index contributed by atoms with van der Waals surface area (Å²) in [7, 11) is 1.73. The molecule has 0 saturated heterocycles. The lowest BCUT2D eigenvalue weighted by Crippen LogP contribution is -2.49. The van der Waals surface area contributed by atoms with Gasteiger partial charge in [0.25, 0.3) is 0 Å². The number of methoxy groups -OCH3 is 1. The maximum Gasteiger partial charge on any atom is 0.223 e. The van der Waals surface area contributed by atoms with Crippen molar-refractivity contribution in [2.24, 2.45) is 5.92 Å². The van der Waals surface area contributed by atoms with Crippen LogP contribution < -0.4 is 4.57 Å². The minimum Gasteiger partial charge on any atom is -0.506 e. The highest BCUT2D eigenvalue weighted by molar-refractivity contribution is 7.17. The summed E-state index contributed by atoms with van der Waals surface area (Å²) in [5.41, 5.74) is 8.13. The van der Waals surface area contributed by atoms with Crippen LogP contribution in [0.2, 0.25) is 0 Å². The van der Waals surface area contributed by atoms with Gasteiger partial charge in [0.2, 0.25) is 11.7 Å². The first-order chi connectivity index (χ1) is 19.6. The van der Waals surface area contributed by atoms with E-state index in [-0.39, 0.29) is 23.1 Å². The molecule has 0 fully saturated rings. The van der Waals surface area contributed by atoms with Crippen LogP contribution in [0.25, 0.3) is 43.4 Å². The Labute approximate surface area is 247 Å². The molecule has 2 atom stereocenters. The first-order valence-corrected chi connectivity index (χ1v) is 15.3. The van der Waals surface area contributed by atoms with Crippen LogP contribution in [-0.2, 0) is 16.6 Å². The lowest BCUT2D eigenvalue weighted by atomic mass is 9.75. The number of pyridine rings is 2. The Morgan fingerprint density at radius 3 is 2.56 bits per heavy atom. The van der Waals surface area contributed by atoms with Gasteiger partial charge in [-0.05, 0) is 62.7 Å². The standard InChI is InChI=1S/C36H38N2O2S/c1-21(2)16-24-20-41-31-12-14-37-34(32(24)31)23-13-15-38-30(17-23)27-18-29(36(4,5)6)25-10-8-9-11-26(25)33(27)28(19-40-7)35(38)22(3)39/h8-15,17-18,20-21,28,35H,3,16,19H2,1-2,4-7H3/p+1. The molecule has 1 aliphatic rings. The molecule has 0 spiro atoms. The maximum atomic E-state index is 11.0. The fourth-order valence-electron chi connectivity index (χ4n) is 6.70. The van der Waals surface area contributed by atoms with Gasteiger partial charge in [0.15, 0.2) is 12.0 Å². The molecule has 5 heteroatoms. The monoisotopic (exact) mass is 563 g/mol. The highest BCUT2D eigenvalue weighted by Gasteiger charge is 2.44. The van der Waals surface area contributed by atoms with Crippen LogP contribution in [0.4, 0.5) is 0 Å². The lowest BCUT2D eigenvalue weighted by molar-refractivity contribution is -0.712. The smallest absolute Gasteiger partial charge is 0.223 e. The zero-order chi connectivity index (χ0) is 29.1. The number of hydrogen-bond acceptors (Lipinski definition) is 4. The number of rotatable bonds is 6. The number of aliphatic hydroxyl groups excluding tert-OH is 1. The van der Waals surface area contributed by atoms with E-state index in [1.807, 2.05) is 6.20 Å². The summed E-state index contributed by atoms with van der Waals surface area (Å²) >= 11 is 1.79. The first-order valence-electron chi connectivity index (χ1n) is 14.4. The number of aromatic nitrogens is 2. The van der Waals surface area contributed by atoms with Crippen LogP contribution >= 0.6 is 11.3 Å². The van der Waals surface area contributed by atoms with Crippen LogP contribution in [0.15, 0.2) is 78.6 Å². The van der Waals surface area contributed by atoms with E-state index in [1.54, 1.807) is 18.4 Å². The van der Waals surface area contributed by atoms with Gasteiger partial charge in [-0.25, -0.2) is 0 Å². The molecule has 4 nitrogen and oxygen atoms in total. The highest BCUT2D eigenvalue weighted by atomic mass is 32.1. The van der Waals surface area contributed by atoms with E-state index in [2.05, 4.69) is 106 Å². The van der Waals surface area contributed by atoms with Gasteiger partial charge in [0.1, 0.15) is 0 Å². The molecule has 41 heavy (non-hydrogen) atoms. The molecule has 0 saturated carbocycles. The molecule has 1 aliphatic heterocycles. The van der Waals surface area contributed by atoms with Crippen molar-refractivity contribution in [3.8, 4) is 22.5 Å². The number of aliphatic hydroxyl groups is 1. The third-order valence-corrected chi connectivity index (χ3v) is 9.35. The second-order valence-electron chi connectivity index (χ2n) is 12.8. The Kier molecular flexibility index (Phi) is 6.99. The topological polar surface area (TPSA) is 46.2 Å². The van der Waals surface area contributed by atoms with Crippen molar-refractivity contribution in [2.75, 3.05) is 13.7 Å². The van der Waals surface area contributed by atoms with Gasteiger partial charge in [-0.1, -0.05) is 65.5 Å². The summed E-state index contributed by atoms with van der Waals surface area (Å²) in [6, 6.07) is 17.2. The quantitative estimate of drug-likeness (QED) is 0.166. The van der Waals surface area contributed by atoms with E-state index in [0.717, 1.165) is 23.4 Å². The normalized spacial score (nSPS) is 16.8. The Morgan fingerprint density at radius 2 is 1.88 bits per heavy atom. The lowest BCUT2D eigenvalue weighted by Gasteiger charge is -2.33. The van der Waals surface area contributed by atoms with Crippen LogP contribution in [-0.4, -0.2) is 23.8 Å². The minimum atomic E-state index is -0.350. The molecule has 0 aliphatic carbocycles. The van der Waals surface area contributed by atoms with Gasteiger partial charge < -0.3 is 9.84 Å². The van der Waals surface area contributed by atoms with Crippen LogP contribution in [0.5, 0.6) is 0 Å². The van der Waals surface area contributed by atoms with Crippen molar-refractivity contribution >= 4 is 32.2 Å². The first kappa shape index (κ1) is 27.6. The molecular weight excluding hydrogens is 524 g/mol. The van der Waals surface area contributed by atoms with E-state index < -0.39 is 0 Å². The largest absolute Gasteiger partial charge is 0.506 e. The molecule has 6 rings (SSSR count). The zero-order valence-electron chi connectivity index (χ0n) is 24.9. The van der Waals surface area contributed by atoms with Crippen LogP contribution in [0.3, 0.4) is 0 Å². The average Bonchev–Trinajstić information content (AvgIpc) is 3.33. The fourth-order valence-corrected chi connectivity index (χ4v) is 7.67. The predicted octanol–water partition coefficient (Wildman–Crippen LogP) is 8.92. The molecule has 210 valence electrons. The second kappa shape index (κ2) is 10.4. The summed E-state index contributed by atoms with van der Waals surface area (Å²) in [5, 5.41) is 17.0. The SMILES string of the molecule is C=C(O)C1C(COC)c2c(cc(C(C)(C)C)c3ccccc23)-c2cc(-c3nccc4scc(CC(C)C)c34)cc[n+]21. The third kappa shape index (κ3) is 4.65. The number of nitrogens with zero attached hydrogens (tertiary/aromatic N) is 2. The van der Waals surface area contributed by atoms with Gasteiger partial charge in [-0.3, -0.25) is 4.98 Å². The highest BCUT2D eigenvalue weighted by Crippen LogP contribution is 2.47. The summed E-state index contributed by atoms with van der Waals surface area (Å²) in [5.74, 6) is 0.605. The minimum absolute atomic E-state index is 0.0547. The van der Waals surface area contributed by atoms with Crippen molar-refractivity contribution in [2.45, 2.75) is 58.4 Å². The molecule has 3 aromatic heterocycles. The predicted molar refractivity (Wildman–Crippen MR) is 171 cm³/mol. The molecule has 0 bridgehead atoms. The Balaban J connectivity index is 1.68. The van der Waals surface area contributed by atoms with Gasteiger partial charge >= 0.3 is 0 Å². The second-order valence-corrected chi connectivity index (χ2v) is 13.7. The number of ether oxygens (including phenoxy) is 1. The van der Waals surface area contributed by atoms with Crippen molar-refractivity contribution in [3.05, 3.63) is 95.3 Å². The Hall–Kier alpha value is -3.54. The summed E-state index contributed by atoms with van der Waals surface area (Å²) < 4.78 is 9.23. The van der Waals surface area contributed by atoms with Crippen molar-refractivity contribution < 1.29 is 14.4 Å². The number of allylic oxidation sites excluding steroid dienone is 1.